The van der Waals surface area contributed by atoms with Crippen molar-refractivity contribution in [2.45, 2.75) is 31.7 Å². The van der Waals surface area contributed by atoms with Crippen molar-refractivity contribution in [2.75, 3.05) is 6.54 Å². The maximum atomic E-state index is 12.1. The van der Waals surface area contributed by atoms with Gasteiger partial charge in [0.25, 0.3) is 0 Å². The van der Waals surface area contributed by atoms with E-state index < -0.39 is 6.04 Å². The molecule has 1 atom stereocenters. The van der Waals surface area contributed by atoms with E-state index in [2.05, 4.69) is 30.6 Å². The van der Waals surface area contributed by atoms with Crippen molar-refractivity contribution in [3.05, 3.63) is 58.3 Å². The van der Waals surface area contributed by atoms with Gasteiger partial charge in [-0.1, -0.05) is 50.2 Å². The Balaban J connectivity index is 0.00000242. The quantitative estimate of drug-likeness (QED) is 0.850. The zero-order chi connectivity index (χ0) is 15.3. The fourth-order valence-corrected chi connectivity index (χ4v) is 3.00. The number of nitrogens with two attached hydrogens (primary N) is 1. The number of benzene rings is 1. The molecule has 3 nitrogen and oxygen atoms in total. The molecule has 120 valence electrons. The molecule has 0 radical (unpaired) electrons. The number of hydrogen-bond donors (Lipinski definition) is 2. The molecule has 1 amide bonds. The van der Waals surface area contributed by atoms with Crippen molar-refractivity contribution in [1.82, 2.24) is 5.32 Å². The topological polar surface area (TPSA) is 55.1 Å². The number of hydrogen-bond acceptors (Lipinski definition) is 3. The first-order valence-electron chi connectivity index (χ1n) is 7.10. The molecule has 0 fully saturated rings. The third-order valence-electron chi connectivity index (χ3n) is 3.53. The number of carbonyl (C=O) groups excluding carboxylic acids is 1. The SMILES string of the molecule is CC(C)(CNC(=O)C(N)Cc1ccccc1)c1cccs1.Cl. The highest BCUT2D eigenvalue weighted by molar-refractivity contribution is 7.10. The average Bonchev–Trinajstić information content (AvgIpc) is 3.01. The monoisotopic (exact) mass is 338 g/mol. The van der Waals surface area contributed by atoms with Gasteiger partial charge in [0, 0.05) is 16.8 Å². The van der Waals surface area contributed by atoms with Gasteiger partial charge in [-0.25, -0.2) is 0 Å². The Morgan fingerprint density at radius 3 is 2.50 bits per heavy atom. The summed E-state index contributed by atoms with van der Waals surface area (Å²) in [6.45, 7) is 4.85. The average molecular weight is 339 g/mol. The van der Waals surface area contributed by atoms with Crippen LogP contribution in [0.4, 0.5) is 0 Å². The second kappa shape index (κ2) is 8.32. The van der Waals surface area contributed by atoms with Crippen LogP contribution in [0.3, 0.4) is 0 Å². The standard InChI is InChI=1S/C17H22N2OS.ClH/c1-17(2,15-9-6-10-21-15)12-19-16(20)14(18)11-13-7-4-3-5-8-13;/h3-10,14H,11-12,18H2,1-2H3,(H,19,20);1H. The van der Waals surface area contributed by atoms with Gasteiger partial charge in [-0.15, -0.1) is 23.7 Å². The molecule has 1 unspecified atom stereocenters. The first-order chi connectivity index (χ1) is 9.99. The number of amides is 1. The summed E-state index contributed by atoms with van der Waals surface area (Å²) >= 11 is 1.71. The Hall–Kier alpha value is -1.36. The van der Waals surface area contributed by atoms with Crippen LogP contribution in [0.25, 0.3) is 0 Å². The van der Waals surface area contributed by atoms with Crippen LogP contribution in [0.2, 0.25) is 0 Å². The molecule has 2 aromatic rings. The lowest BCUT2D eigenvalue weighted by molar-refractivity contribution is -0.122. The summed E-state index contributed by atoms with van der Waals surface area (Å²) < 4.78 is 0. The van der Waals surface area contributed by atoms with E-state index in [4.69, 9.17) is 5.73 Å². The molecule has 1 heterocycles. The highest BCUT2D eigenvalue weighted by Crippen LogP contribution is 2.26. The molecule has 22 heavy (non-hydrogen) atoms. The number of rotatable bonds is 6. The largest absolute Gasteiger partial charge is 0.354 e. The van der Waals surface area contributed by atoms with Gasteiger partial charge in [-0.05, 0) is 23.4 Å². The van der Waals surface area contributed by atoms with E-state index in [0.29, 0.717) is 13.0 Å². The van der Waals surface area contributed by atoms with Crippen LogP contribution in [0.15, 0.2) is 47.8 Å². The zero-order valence-corrected chi connectivity index (χ0v) is 14.5. The predicted octanol–water partition coefficient (Wildman–Crippen LogP) is 3.13. The van der Waals surface area contributed by atoms with Crippen LogP contribution in [-0.2, 0) is 16.6 Å². The summed E-state index contributed by atoms with van der Waals surface area (Å²) in [6, 6.07) is 13.5. The van der Waals surface area contributed by atoms with E-state index in [-0.39, 0.29) is 23.7 Å². The smallest absolute Gasteiger partial charge is 0.237 e. The van der Waals surface area contributed by atoms with E-state index >= 15 is 0 Å². The maximum Gasteiger partial charge on any atom is 0.237 e. The van der Waals surface area contributed by atoms with Gasteiger partial charge in [-0.3, -0.25) is 4.79 Å². The van der Waals surface area contributed by atoms with Gasteiger partial charge in [0.15, 0.2) is 0 Å². The summed E-state index contributed by atoms with van der Waals surface area (Å²) in [5.41, 5.74) is 7.00. The van der Waals surface area contributed by atoms with Crippen molar-refractivity contribution < 1.29 is 4.79 Å². The number of thiophene rings is 1. The van der Waals surface area contributed by atoms with E-state index in [1.54, 1.807) is 11.3 Å². The van der Waals surface area contributed by atoms with Crippen LogP contribution in [0.1, 0.15) is 24.3 Å². The van der Waals surface area contributed by atoms with Gasteiger partial charge in [0.1, 0.15) is 0 Å². The van der Waals surface area contributed by atoms with E-state index in [9.17, 15) is 4.79 Å². The molecule has 0 aliphatic carbocycles. The van der Waals surface area contributed by atoms with Crippen molar-refractivity contribution >= 4 is 29.7 Å². The molecule has 0 spiro atoms. The second-order valence-corrected chi connectivity index (χ2v) is 6.82. The normalized spacial score (nSPS) is 12.3. The highest BCUT2D eigenvalue weighted by atomic mass is 35.5. The Morgan fingerprint density at radius 1 is 1.23 bits per heavy atom. The predicted molar refractivity (Wildman–Crippen MR) is 95.7 cm³/mol. The van der Waals surface area contributed by atoms with Crippen LogP contribution < -0.4 is 11.1 Å². The minimum Gasteiger partial charge on any atom is -0.354 e. The van der Waals surface area contributed by atoms with E-state index in [0.717, 1.165) is 5.56 Å². The van der Waals surface area contributed by atoms with Crippen molar-refractivity contribution in [1.29, 1.82) is 0 Å². The zero-order valence-electron chi connectivity index (χ0n) is 12.9. The molecular formula is C17H23ClN2OS. The molecule has 0 aliphatic heterocycles. The number of carbonyl (C=O) groups is 1. The van der Waals surface area contributed by atoms with Gasteiger partial charge < -0.3 is 11.1 Å². The first-order valence-corrected chi connectivity index (χ1v) is 7.98. The fraction of sp³-hybridized carbons (Fsp3) is 0.353. The van der Waals surface area contributed by atoms with Crippen LogP contribution >= 0.6 is 23.7 Å². The minimum absolute atomic E-state index is 0. The molecular weight excluding hydrogens is 316 g/mol. The third kappa shape index (κ3) is 5.13. The fourth-order valence-electron chi connectivity index (χ4n) is 2.15. The van der Waals surface area contributed by atoms with Crippen LogP contribution in [0.5, 0.6) is 0 Å². The Bertz CT molecular complexity index is 570. The lowest BCUT2D eigenvalue weighted by atomic mass is 9.91. The molecule has 0 saturated carbocycles. The van der Waals surface area contributed by atoms with E-state index in [1.807, 2.05) is 36.4 Å². The van der Waals surface area contributed by atoms with E-state index in [1.165, 1.54) is 4.88 Å². The molecule has 0 saturated heterocycles. The number of nitrogens with one attached hydrogen (secondary N) is 1. The lowest BCUT2D eigenvalue weighted by Gasteiger charge is -2.24. The van der Waals surface area contributed by atoms with Crippen LogP contribution in [-0.4, -0.2) is 18.5 Å². The van der Waals surface area contributed by atoms with Gasteiger partial charge in [0.2, 0.25) is 5.91 Å². The molecule has 3 N–H and O–H groups in total. The minimum atomic E-state index is -0.508. The highest BCUT2D eigenvalue weighted by Gasteiger charge is 2.23. The first kappa shape index (κ1) is 18.7. The maximum absolute atomic E-state index is 12.1. The molecule has 0 aliphatic rings. The Morgan fingerprint density at radius 2 is 1.91 bits per heavy atom. The molecule has 2 rings (SSSR count). The van der Waals surface area contributed by atoms with Crippen molar-refractivity contribution in [3.63, 3.8) is 0 Å². The lowest BCUT2D eigenvalue weighted by Crippen LogP contribution is -2.46. The summed E-state index contributed by atoms with van der Waals surface area (Å²) in [6.07, 6.45) is 0.562. The van der Waals surface area contributed by atoms with Crippen molar-refractivity contribution in [3.8, 4) is 0 Å². The molecule has 1 aromatic carbocycles. The summed E-state index contributed by atoms with van der Waals surface area (Å²) in [4.78, 5) is 13.4. The van der Waals surface area contributed by atoms with Crippen molar-refractivity contribution in [2.24, 2.45) is 5.73 Å². The molecule has 1 aromatic heterocycles. The third-order valence-corrected chi connectivity index (χ3v) is 4.76. The van der Waals surface area contributed by atoms with Gasteiger partial charge in [-0.2, -0.15) is 0 Å². The molecule has 0 bridgehead atoms. The Kier molecular flexibility index (Phi) is 7.07. The summed E-state index contributed by atoms with van der Waals surface area (Å²) in [5, 5.41) is 5.03. The summed E-state index contributed by atoms with van der Waals surface area (Å²) in [5.74, 6) is -0.0940. The summed E-state index contributed by atoms with van der Waals surface area (Å²) in [7, 11) is 0. The number of halogens is 1. The Labute approximate surface area is 142 Å². The van der Waals surface area contributed by atoms with Gasteiger partial charge >= 0.3 is 0 Å². The van der Waals surface area contributed by atoms with Gasteiger partial charge in [0.05, 0.1) is 6.04 Å². The second-order valence-electron chi connectivity index (χ2n) is 5.88. The molecule has 5 heteroatoms. The van der Waals surface area contributed by atoms with Crippen LogP contribution in [0, 0.1) is 0 Å².